The van der Waals surface area contributed by atoms with Crippen LogP contribution in [0, 0.1) is 12.7 Å². The van der Waals surface area contributed by atoms with E-state index in [1.165, 1.54) is 28.6 Å². The lowest BCUT2D eigenvalue weighted by atomic mass is 10.1. The van der Waals surface area contributed by atoms with Crippen molar-refractivity contribution in [1.29, 1.82) is 0 Å². The van der Waals surface area contributed by atoms with Crippen LogP contribution in [0.5, 0.6) is 5.75 Å². The molecule has 1 aliphatic rings. The molecule has 5 heteroatoms. The number of halogens is 2. The van der Waals surface area contributed by atoms with Crippen LogP contribution >= 0.6 is 0 Å². The number of pyridine rings is 1. The molecule has 0 N–H and O–H groups in total. The minimum atomic E-state index is -0.264. The highest BCUT2D eigenvalue weighted by atomic mass is 127. The molecule has 4 rings (SSSR count). The Morgan fingerprint density at radius 3 is 2.69 bits per heavy atom. The Hall–Kier alpha value is -2.15. The van der Waals surface area contributed by atoms with Crippen LogP contribution < -0.4 is 38.2 Å². The van der Waals surface area contributed by atoms with Gasteiger partial charge in [0.15, 0.2) is 5.75 Å². The van der Waals surface area contributed by atoms with Crippen molar-refractivity contribution in [3.63, 3.8) is 0 Å². The zero-order valence-electron chi connectivity index (χ0n) is 15.0. The van der Waals surface area contributed by atoms with Crippen LogP contribution in [0.25, 0.3) is 17.0 Å². The molecular weight excluding hydrogens is 442 g/mol. The number of nitrogens with zero attached hydrogens (tertiary/aromatic N) is 2. The molecule has 2 aromatic carbocycles. The van der Waals surface area contributed by atoms with Gasteiger partial charge in [-0.2, -0.15) is 4.57 Å². The zero-order chi connectivity index (χ0) is 17.6. The lowest BCUT2D eigenvalue weighted by molar-refractivity contribution is -0.669. The lowest BCUT2D eigenvalue weighted by Crippen LogP contribution is -3.00. The van der Waals surface area contributed by atoms with Crippen molar-refractivity contribution in [2.45, 2.75) is 20.4 Å². The zero-order valence-corrected chi connectivity index (χ0v) is 17.1. The van der Waals surface area contributed by atoms with Crippen molar-refractivity contribution in [3.05, 3.63) is 71.5 Å². The fourth-order valence-electron chi connectivity index (χ4n) is 3.33. The van der Waals surface area contributed by atoms with Gasteiger partial charge in [-0.15, -0.1) is 0 Å². The van der Waals surface area contributed by atoms with Gasteiger partial charge in [-0.25, -0.2) is 4.39 Å². The second-order valence-electron chi connectivity index (χ2n) is 6.32. The van der Waals surface area contributed by atoms with Crippen molar-refractivity contribution in [1.82, 2.24) is 0 Å². The second kappa shape index (κ2) is 7.23. The highest BCUT2D eigenvalue weighted by Crippen LogP contribution is 2.38. The predicted molar refractivity (Wildman–Crippen MR) is 98.0 cm³/mol. The molecular formula is C21H20FIN2O. The fraction of sp³-hybridized carbons (Fsp3) is 0.190. The molecule has 0 spiro atoms. The van der Waals surface area contributed by atoms with E-state index in [1.807, 2.05) is 18.0 Å². The maximum Gasteiger partial charge on any atom is 0.212 e. The van der Waals surface area contributed by atoms with Gasteiger partial charge < -0.3 is 33.6 Å². The van der Waals surface area contributed by atoms with E-state index < -0.39 is 0 Å². The summed E-state index contributed by atoms with van der Waals surface area (Å²) in [7, 11) is 1.89. The van der Waals surface area contributed by atoms with Gasteiger partial charge in [0, 0.05) is 30.6 Å². The van der Waals surface area contributed by atoms with E-state index in [2.05, 4.69) is 48.7 Å². The number of fused-ring (bicyclic) bond motifs is 2. The molecule has 1 aromatic heterocycles. The SMILES string of the molecule is CC[n+]1c(/C=C2\Oc3ccc(F)cc3N2C)ccc2cc(C)ccc21.[I-]. The molecule has 0 aliphatic carbocycles. The molecule has 26 heavy (non-hydrogen) atoms. The fourth-order valence-corrected chi connectivity index (χ4v) is 3.33. The van der Waals surface area contributed by atoms with E-state index in [1.54, 1.807) is 6.07 Å². The number of benzene rings is 2. The number of ether oxygens (including phenoxy) is 1. The summed E-state index contributed by atoms with van der Waals surface area (Å²) >= 11 is 0. The minimum absolute atomic E-state index is 0. The van der Waals surface area contributed by atoms with Crippen LogP contribution in [0.3, 0.4) is 0 Å². The van der Waals surface area contributed by atoms with Gasteiger partial charge in [0.25, 0.3) is 0 Å². The topological polar surface area (TPSA) is 16.4 Å². The first-order valence-corrected chi connectivity index (χ1v) is 8.43. The summed E-state index contributed by atoms with van der Waals surface area (Å²) in [6.07, 6.45) is 2.00. The summed E-state index contributed by atoms with van der Waals surface area (Å²) in [6.45, 7) is 5.08. The van der Waals surface area contributed by atoms with Gasteiger partial charge in [-0.1, -0.05) is 11.6 Å². The maximum absolute atomic E-state index is 13.5. The van der Waals surface area contributed by atoms with Crippen LogP contribution in [0.4, 0.5) is 10.1 Å². The van der Waals surface area contributed by atoms with E-state index in [4.69, 9.17) is 4.74 Å². The van der Waals surface area contributed by atoms with Gasteiger partial charge in [0.05, 0.1) is 11.8 Å². The van der Waals surface area contributed by atoms with E-state index in [0.29, 0.717) is 11.6 Å². The average molecular weight is 462 g/mol. The standard InChI is InChI=1S/C21H20FN2O.HI/c1-4-24-17(8-6-15-11-14(2)5-9-18(15)24)13-21-23(3)19-12-16(22)7-10-20(19)25-21;/h5-13H,4H2,1-3H3;1H/q+1;/p-1. The van der Waals surface area contributed by atoms with Crippen molar-refractivity contribution in [2.24, 2.45) is 0 Å². The first-order valence-electron chi connectivity index (χ1n) is 8.43. The van der Waals surface area contributed by atoms with E-state index in [-0.39, 0.29) is 29.8 Å². The molecule has 0 fully saturated rings. The third-order valence-electron chi connectivity index (χ3n) is 4.63. The van der Waals surface area contributed by atoms with Crippen LogP contribution in [-0.2, 0) is 6.54 Å². The highest BCUT2D eigenvalue weighted by molar-refractivity contribution is 5.77. The first-order chi connectivity index (χ1) is 12.1. The Labute approximate surface area is 169 Å². The van der Waals surface area contributed by atoms with Crippen molar-refractivity contribution >= 4 is 22.7 Å². The number of aryl methyl sites for hydroxylation is 2. The maximum atomic E-state index is 13.5. The van der Waals surface area contributed by atoms with Crippen molar-refractivity contribution < 1.29 is 37.7 Å². The third-order valence-corrected chi connectivity index (χ3v) is 4.63. The predicted octanol–water partition coefficient (Wildman–Crippen LogP) is 1.43. The van der Waals surface area contributed by atoms with E-state index in [9.17, 15) is 4.39 Å². The summed E-state index contributed by atoms with van der Waals surface area (Å²) in [6, 6.07) is 15.3. The summed E-state index contributed by atoms with van der Waals surface area (Å²) < 4.78 is 21.7. The van der Waals surface area contributed by atoms with E-state index in [0.717, 1.165) is 17.9 Å². The Bertz CT molecular complexity index is 1020. The van der Waals surface area contributed by atoms with Gasteiger partial charge in [-0.3, -0.25) is 0 Å². The second-order valence-corrected chi connectivity index (χ2v) is 6.32. The molecule has 0 saturated heterocycles. The molecule has 0 radical (unpaired) electrons. The smallest absolute Gasteiger partial charge is 0.212 e. The van der Waals surface area contributed by atoms with Crippen LogP contribution in [-0.4, -0.2) is 7.05 Å². The monoisotopic (exact) mass is 462 g/mol. The molecule has 0 amide bonds. The lowest BCUT2D eigenvalue weighted by Gasteiger charge is -2.11. The summed E-state index contributed by atoms with van der Waals surface area (Å²) in [5, 5.41) is 1.22. The Morgan fingerprint density at radius 1 is 1.12 bits per heavy atom. The number of hydrogen-bond acceptors (Lipinski definition) is 2. The Kier molecular flexibility index (Phi) is 5.18. The third kappa shape index (κ3) is 3.16. The Balaban J connectivity index is 0.00000196. The summed E-state index contributed by atoms with van der Waals surface area (Å²) in [5.74, 6) is 1.10. The molecule has 0 atom stereocenters. The normalized spacial score (nSPS) is 14.3. The van der Waals surface area contributed by atoms with Crippen LogP contribution in [0.15, 0.2) is 54.4 Å². The number of aromatic nitrogens is 1. The van der Waals surface area contributed by atoms with Crippen molar-refractivity contribution in [2.75, 3.05) is 11.9 Å². The summed E-state index contributed by atoms with van der Waals surface area (Å²) in [5.41, 5.74) is 4.23. The van der Waals surface area contributed by atoms with Gasteiger partial charge in [-0.05, 0) is 38.1 Å². The van der Waals surface area contributed by atoms with E-state index >= 15 is 0 Å². The molecule has 1 aliphatic heterocycles. The number of hydrogen-bond donors (Lipinski definition) is 0. The number of rotatable bonds is 2. The van der Waals surface area contributed by atoms with Gasteiger partial charge in [0.1, 0.15) is 12.4 Å². The minimum Gasteiger partial charge on any atom is -1.00 e. The molecule has 0 unspecified atom stereocenters. The van der Waals surface area contributed by atoms with Crippen LogP contribution in [0.2, 0.25) is 0 Å². The highest BCUT2D eigenvalue weighted by Gasteiger charge is 2.25. The van der Waals surface area contributed by atoms with Gasteiger partial charge >= 0.3 is 0 Å². The molecule has 134 valence electrons. The summed E-state index contributed by atoms with van der Waals surface area (Å²) in [4.78, 5) is 1.87. The molecule has 3 aromatic rings. The number of anilines is 1. The molecule has 0 bridgehead atoms. The van der Waals surface area contributed by atoms with Gasteiger partial charge in [0.2, 0.25) is 17.1 Å². The molecule has 3 nitrogen and oxygen atoms in total. The Morgan fingerprint density at radius 2 is 1.92 bits per heavy atom. The molecule has 2 heterocycles. The largest absolute Gasteiger partial charge is 1.00 e. The van der Waals surface area contributed by atoms with Crippen LogP contribution in [0.1, 0.15) is 18.2 Å². The average Bonchev–Trinajstić information content (AvgIpc) is 2.90. The quantitative estimate of drug-likeness (QED) is 0.424. The first kappa shape index (κ1) is 18.6. The molecule has 0 saturated carbocycles. The van der Waals surface area contributed by atoms with Crippen molar-refractivity contribution in [3.8, 4) is 5.75 Å².